The summed E-state index contributed by atoms with van der Waals surface area (Å²) in [5.41, 5.74) is 0. The van der Waals surface area contributed by atoms with Crippen LogP contribution in [0.15, 0.2) is 0 Å². The van der Waals surface area contributed by atoms with E-state index in [0.29, 0.717) is 6.10 Å². The molecule has 1 saturated heterocycles. The van der Waals surface area contributed by atoms with Crippen molar-refractivity contribution in [1.29, 1.82) is 0 Å². The second-order valence-electron chi connectivity index (χ2n) is 8.72. The standard InChI is InChI=1S/C25H49O2/c1-3-5-7-9-10-11-12-13-14-15-16-17-19-24-21-25(27-22-24)23-26-20-18-8-6-4-2/h24-25H,2-23H2,1H3/t24-,25-/m0/s1. The van der Waals surface area contributed by atoms with Gasteiger partial charge in [-0.1, -0.05) is 110 Å². The minimum absolute atomic E-state index is 0.361. The third-order valence-electron chi connectivity index (χ3n) is 5.97. The van der Waals surface area contributed by atoms with E-state index in [1.54, 1.807) is 0 Å². The lowest BCUT2D eigenvalue weighted by molar-refractivity contribution is 0.0154. The van der Waals surface area contributed by atoms with Gasteiger partial charge in [0.2, 0.25) is 0 Å². The van der Waals surface area contributed by atoms with Crippen LogP contribution >= 0.6 is 0 Å². The molecule has 0 amide bonds. The average Bonchev–Trinajstić information content (AvgIpc) is 3.13. The fourth-order valence-electron chi connectivity index (χ4n) is 4.14. The topological polar surface area (TPSA) is 18.5 Å². The Morgan fingerprint density at radius 1 is 0.778 bits per heavy atom. The molecule has 1 aliphatic rings. The summed E-state index contributed by atoms with van der Waals surface area (Å²) in [7, 11) is 0. The molecule has 27 heavy (non-hydrogen) atoms. The normalized spacial score (nSPS) is 19.8. The van der Waals surface area contributed by atoms with Crippen molar-refractivity contribution in [3.05, 3.63) is 6.92 Å². The summed E-state index contributed by atoms with van der Waals surface area (Å²) in [4.78, 5) is 0. The molecule has 2 nitrogen and oxygen atoms in total. The molecule has 0 bridgehead atoms. The van der Waals surface area contributed by atoms with Crippen LogP contribution in [0.5, 0.6) is 0 Å². The number of hydrogen-bond acceptors (Lipinski definition) is 2. The Kier molecular flexibility index (Phi) is 17.8. The van der Waals surface area contributed by atoms with Gasteiger partial charge < -0.3 is 9.47 Å². The molecule has 0 saturated carbocycles. The van der Waals surface area contributed by atoms with E-state index < -0.39 is 0 Å². The van der Waals surface area contributed by atoms with E-state index in [2.05, 4.69) is 13.8 Å². The molecule has 0 aliphatic carbocycles. The SMILES string of the molecule is [CH2]CCCCCOC[C@@H]1C[C@H](CCCCCCCCCCCCCC)CO1. The molecular weight excluding hydrogens is 332 g/mol. The van der Waals surface area contributed by atoms with E-state index in [4.69, 9.17) is 9.47 Å². The van der Waals surface area contributed by atoms with E-state index in [1.165, 1.54) is 109 Å². The van der Waals surface area contributed by atoms with Crippen LogP contribution in [0.2, 0.25) is 0 Å². The van der Waals surface area contributed by atoms with Crippen LogP contribution in [0.25, 0.3) is 0 Å². The maximum absolute atomic E-state index is 5.92. The van der Waals surface area contributed by atoms with Gasteiger partial charge in [-0.15, -0.1) is 0 Å². The van der Waals surface area contributed by atoms with Crippen molar-refractivity contribution in [2.24, 2.45) is 5.92 Å². The lowest BCUT2D eigenvalue weighted by atomic mass is 9.97. The van der Waals surface area contributed by atoms with Gasteiger partial charge in [-0.3, -0.25) is 0 Å². The molecule has 0 aromatic rings. The number of unbranched alkanes of at least 4 members (excludes halogenated alkanes) is 14. The monoisotopic (exact) mass is 381 g/mol. The van der Waals surface area contributed by atoms with Crippen LogP contribution < -0.4 is 0 Å². The van der Waals surface area contributed by atoms with Crippen LogP contribution in [0, 0.1) is 12.8 Å². The van der Waals surface area contributed by atoms with Crippen LogP contribution in [0.3, 0.4) is 0 Å². The molecule has 1 rings (SSSR count). The van der Waals surface area contributed by atoms with Crippen LogP contribution in [-0.4, -0.2) is 25.9 Å². The second kappa shape index (κ2) is 19.2. The summed E-state index contributed by atoms with van der Waals surface area (Å²) in [6.45, 7) is 8.83. The van der Waals surface area contributed by atoms with E-state index in [1.807, 2.05) is 0 Å². The lowest BCUT2D eigenvalue weighted by Gasteiger charge is -2.10. The largest absolute Gasteiger partial charge is 0.379 e. The zero-order valence-electron chi connectivity index (χ0n) is 18.5. The quantitative estimate of drug-likeness (QED) is 0.200. The first-order valence-electron chi connectivity index (χ1n) is 12.4. The van der Waals surface area contributed by atoms with Crippen molar-refractivity contribution in [3.8, 4) is 0 Å². The molecule has 2 heteroatoms. The summed E-state index contributed by atoms with van der Waals surface area (Å²) in [5.74, 6) is 0.785. The van der Waals surface area contributed by atoms with Gasteiger partial charge in [-0.2, -0.15) is 0 Å². The van der Waals surface area contributed by atoms with E-state index in [-0.39, 0.29) is 0 Å². The minimum atomic E-state index is 0.361. The van der Waals surface area contributed by atoms with Crippen molar-refractivity contribution in [1.82, 2.24) is 0 Å². The second-order valence-corrected chi connectivity index (χ2v) is 8.72. The van der Waals surface area contributed by atoms with Crippen LogP contribution in [0.1, 0.15) is 122 Å². The van der Waals surface area contributed by atoms with Gasteiger partial charge in [-0.05, 0) is 25.2 Å². The predicted octanol–water partition coefficient (Wildman–Crippen LogP) is 7.89. The molecule has 0 N–H and O–H groups in total. The van der Waals surface area contributed by atoms with Crippen molar-refractivity contribution in [2.45, 2.75) is 129 Å². The van der Waals surface area contributed by atoms with Crippen LogP contribution in [-0.2, 0) is 9.47 Å². The van der Waals surface area contributed by atoms with Crippen LogP contribution in [0.4, 0.5) is 0 Å². The Labute approximate surface area is 171 Å². The molecule has 1 radical (unpaired) electrons. The molecule has 0 aromatic heterocycles. The molecular formula is C25H49O2. The highest BCUT2D eigenvalue weighted by molar-refractivity contribution is 4.73. The number of ether oxygens (including phenoxy) is 2. The van der Waals surface area contributed by atoms with Crippen molar-refractivity contribution in [2.75, 3.05) is 19.8 Å². The highest BCUT2D eigenvalue weighted by Crippen LogP contribution is 2.25. The van der Waals surface area contributed by atoms with Gasteiger partial charge >= 0.3 is 0 Å². The molecule has 1 heterocycles. The highest BCUT2D eigenvalue weighted by Gasteiger charge is 2.24. The maximum atomic E-state index is 5.92. The first kappa shape index (κ1) is 25.0. The van der Waals surface area contributed by atoms with Gasteiger partial charge in [0.25, 0.3) is 0 Å². The van der Waals surface area contributed by atoms with E-state index in [9.17, 15) is 0 Å². The third kappa shape index (κ3) is 15.5. The Bertz CT molecular complexity index is 292. The average molecular weight is 382 g/mol. The zero-order valence-corrected chi connectivity index (χ0v) is 18.5. The number of rotatable bonds is 20. The summed E-state index contributed by atoms with van der Waals surface area (Å²) >= 11 is 0. The Hall–Kier alpha value is -0.0800. The summed E-state index contributed by atoms with van der Waals surface area (Å²) < 4.78 is 11.7. The Morgan fingerprint density at radius 3 is 2.00 bits per heavy atom. The molecule has 0 spiro atoms. The molecule has 161 valence electrons. The van der Waals surface area contributed by atoms with Gasteiger partial charge in [-0.25, -0.2) is 0 Å². The van der Waals surface area contributed by atoms with Gasteiger partial charge in [0.1, 0.15) is 0 Å². The molecule has 0 unspecified atom stereocenters. The smallest absolute Gasteiger partial charge is 0.0812 e. The fourth-order valence-corrected chi connectivity index (χ4v) is 4.14. The van der Waals surface area contributed by atoms with E-state index >= 15 is 0 Å². The first-order chi connectivity index (χ1) is 13.4. The molecule has 1 aliphatic heterocycles. The van der Waals surface area contributed by atoms with Gasteiger partial charge in [0.05, 0.1) is 12.7 Å². The summed E-state index contributed by atoms with van der Waals surface area (Å²) in [6.07, 6.45) is 24.8. The minimum Gasteiger partial charge on any atom is -0.379 e. The summed E-state index contributed by atoms with van der Waals surface area (Å²) in [6, 6.07) is 0. The predicted molar refractivity (Wildman–Crippen MR) is 118 cm³/mol. The molecule has 0 aromatic carbocycles. The zero-order chi connectivity index (χ0) is 19.4. The lowest BCUT2D eigenvalue weighted by Crippen LogP contribution is -2.14. The molecule has 1 fully saturated rings. The summed E-state index contributed by atoms with van der Waals surface area (Å²) in [5, 5.41) is 0. The third-order valence-corrected chi connectivity index (χ3v) is 5.97. The van der Waals surface area contributed by atoms with Crippen molar-refractivity contribution < 1.29 is 9.47 Å². The maximum Gasteiger partial charge on any atom is 0.0812 e. The fraction of sp³-hybridized carbons (Fsp3) is 0.960. The Morgan fingerprint density at radius 2 is 1.37 bits per heavy atom. The van der Waals surface area contributed by atoms with Crippen molar-refractivity contribution in [3.63, 3.8) is 0 Å². The highest BCUT2D eigenvalue weighted by atomic mass is 16.5. The van der Waals surface area contributed by atoms with Crippen molar-refractivity contribution >= 4 is 0 Å². The van der Waals surface area contributed by atoms with E-state index in [0.717, 1.165) is 32.2 Å². The first-order valence-corrected chi connectivity index (χ1v) is 12.4. The van der Waals surface area contributed by atoms with Gasteiger partial charge in [0, 0.05) is 13.2 Å². The number of hydrogen-bond donors (Lipinski definition) is 0. The molecule has 2 atom stereocenters. The Balaban J connectivity index is 1.79. The van der Waals surface area contributed by atoms with Gasteiger partial charge in [0.15, 0.2) is 0 Å².